The molecular formula is C21H17FN6O2. The highest BCUT2D eigenvalue weighted by Gasteiger charge is 2.16. The maximum absolute atomic E-state index is 14.2. The number of anilines is 2. The Hall–Kier alpha value is -4.19. The van der Waals surface area contributed by atoms with Gasteiger partial charge in [-0.1, -0.05) is 17.7 Å². The van der Waals surface area contributed by atoms with Crippen molar-refractivity contribution in [2.75, 3.05) is 5.32 Å². The van der Waals surface area contributed by atoms with Gasteiger partial charge in [0, 0.05) is 11.8 Å². The van der Waals surface area contributed by atoms with Crippen LogP contribution in [0.5, 0.6) is 0 Å². The average molecular weight is 404 g/mol. The van der Waals surface area contributed by atoms with E-state index in [4.69, 9.17) is 0 Å². The Morgan fingerprint density at radius 2 is 1.83 bits per heavy atom. The molecule has 3 aromatic rings. The fraction of sp³-hybridized carbons (Fsp3) is 0.143. The van der Waals surface area contributed by atoms with E-state index >= 15 is 0 Å². The Balaban J connectivity index is 2.06. The lowest BCUT2D eigenvalue weighted by atomic mass is 10.1. The molecule has 0 spiro atoms. The number of benzene rings is 2. The van der Waals surface area contributed by atoms with Crippen molar-refractivity contribution in [3.63, 3.8) is 0 Å². The van der Waals surface area contributed by atoms with Crippen LogP contribution in [0.15, 0.2) is 52.7 Å². The third-order valence-corrected chi connectivity index (χ3v) is 4.42. The highest BCUT2D eigenvalue weighted by atomic mass is 19.1. The van der Waals surface area contributed by atoms with E-state index in [9.17, 15) is 19.8 Å². The number of azo groups is 1. The largest absolute Gasteiger partial charge is 0.338 e. The molecule has 30 heavy (non-hydrogen) atoms. The van der Waals surface area contributed by atoms with E-state index in [0.29, 0.717) is 22.6 Å². The lowest BCUT2D eigenvalue weighted by Crippen LogP contribution is -2.00. The molecule has 0 aliphatic carbocycles. The van der Waals surface area contributed by atoms with Gasteiger partial charge in [0.1, 0.15) is 17.4 Å². The van der Waals surface area contributed by atoms with Crippen LogP contribution in [0.1, 0.15) is 22.4 Å². The summed E-state index contributed by atoms with van der Waals surface area (Å²) in [5, 5.41) is 31.4. The van der Waals surface area contributed by atoms with Gasteiger partial charge in [-0.2, -0.15) is 5.26 Å². The summed E-state index contributed by atoms with van der Waals surface area (Å²) >= 11 is 0. The van der Waals surface area contributed by atoms with E-state index < -0.39 is 10.7 Å². The molecule has 2 aromatic carbocycles. The Labute approximate surface area is 171 Å². The second kappa shape index (κ2) is 8.45. The summed E-state index contributed by atoms with van der Waals surface area (Å²) in [5.41, 5.74) is 2.98. The molecule has 9 heteroatoms. The van der Waals surface area contributed by atoms with Crippen molar-refractivity contribution in [1.82, 2.24) is 4.98 Å². The van der Waals surface area contributed by atoms with Crippen molar-refractivity contribution in [3.05, 3.63) is 80.8 Å². The third-order valence-electron chi connectivity index (χ3n) is 4.42. The number of nitrogens with zero attached hydrogens (tertiary/aromatic N) is 5. The van der Waals surface area contributed by atoms with Gasteiger partial charge in [-0.15, -0.1) is 10.2 Å². The molecule has 0 atom stereocenters. The lowest BCUT2D eigenvalue weighted by molar-refractivity contribution is -0.385. The van der Waals surface area contributed by atoms with Gasteiger partial charge in [-0.05, 0) is 44.5 Å². The zero-order chi connectivity index (χ0) is 21.8. The van der Waals surface area contributed by atoms with Crippen LogP contribution in [0.2, 0.25) is 0 Å². The number of nitro benzene ring substituents is 1. The second-order valence-corrected chi connectivity index (χ2v) is 6.59. The lowest BCUT2D eigenvalue weighted by Gasteiger charge is -2.13. The van der Waals surface area contributed by atoms with E-state index in [1.807, 2.05) is 31.2 Å². The first kappa shape index (κ1) is 20.5. The van der Waals surface area contributed by atoms with Crippen molar-refractivity contribution in [2.45, 2.75) is 20.8 Å². The normalized spacial score (nSPS) is 10.8. The van der Waals surface area contributed by atoms with Crippen molar-refractivity contribution >= 4 is 28.6 Å². The van der Waals surface area contributed by atoms with Crippen molar-refractivity contribution < 1.29 is 9.31 Å². The predicted molar refractivity (Wildman–Crippen MR) is 110 cm³/mol. The van der Waals surface area contributed by atoms with Gasteiger partial charge in [0.2, 0.25) is 0 Å². The number of aryl methyl sites for hydroxylation is 2. The van der Waals surface area contributed by atoms with Gasteiger partial charge in [0.15, 0.2) is 11.6 Å². The van der Waals surface area contributed by atoms with E-state index in [-0.39, 0.29) is 17.1 Å². The zero-order valence-electron chi connectivity index (χ0n) is 16.5. The fourth-order valence-electron chi connectivity index (χ4n) is 2.79. The molecule has 0 fully saturated rings. The molecule has 8 nitrogen and oxygen atoms in total. The summed E-state index contributed by atoms with van der Waals surface area (Å²) in [5.74, 6) is -0.516. The Bertz CT molecular complexity index is 1200. The van der Waals surface area contributed by atoms with Crippen molar-refractivity contribution in [1.29, 1.82) is 5.26 Å². The minimum absolute atomic E-state index is 0.166. The quantitative estimate of drug-likeness (QED) is 0.314. The number of rotatable bonds is 5. The number of halogens is 1. The molecule has 150 valence electrons. The van der Waals surface area contributed by atoms with Gasteiger partial charge in [-0.25, -0.2) is 9.37 Å². The molecule has 0 radical (unpaired) electrons. The van der Waals surface area contributed by atoms with Crippen LogP contribution in [-0.4, -0.2) is 9.91 Å². The van der Waals surface area contributed by atoms with Gasteiger partial charge < -0.3 is 5.32 Å². The predicted octanol–water partition coefficient (Wildman–Crippen LogP) is 6.08. The van der Waals surface area contributed by atoms with Crippen LogP contribution >= 0.6 is 0 Å². The van der Waals surface area contributed by atoms with E-state index in [1.165, 1.54) is 6.07 Å². The summed E-state index contributed by atoms with van der Waals surface area (Å²) in [6.07, 6.45) is 0. The highest BCUT2D eigenvalue weighted by Crippen LogP contribution is 2.35. The number of hydrogen-bond acceptors (Lipinski definition) is 7. The molecule has 0 saturated heterocycles. The average Bonchev–Trinajstić information content (AvgIpc) is 2.70. The van der Waals surface area contributed by atoms with E-state index in [2.05, 4.69) is 26.6 Å². The number of hydrogen-bond donors (Lipinski definition) is 1. The summed E-state index contributed by atoms with van der Waals surface area (Å²) in [4.78, 5) is 14.5. The molecule has 0 unspecified atom stereocenters. The van der Waals surface area contributed by atoms with Gasteiger partial charge >= 0.3 is 0 Å². The first-order valence-corrected chi connectivity index (χ1v) is 8.91. The number of non-ortho nitro benzene ring substituents is 1. The molecule has 0 aliphatic rings. The molecule has 0 aliphatic heterocycles. The standard InChI is InChI=1S/C21H17FN6O2/c1-12-4-6-15(7-5-12)25-21-20(13(2)17(11-23)14(3)24-21)27-26-19-9-8-16(28(29)30)10-18(19)22/h4-10H,1-3H3,(H,24,25). The van der Waals surface area contributed by atoms with Crippen LogP contribution in [0, 0.1) is 48.0 Å². The van der Waals surface area contributed by atoms with Crippen LogP contribution in [-0.2, 0) is 0 Å². The fourth-order valence-corrected chi connectivity index (χ4v) is 2.79. The first-order valence-electron chi connectivity index (χ1n) is 8.91. The van der Waals surface area contributed by atoms with Crippen molar-refractivity contribution in [3.8, 4) is 6.07 Å². The second-order valence-electron chi connectivity index (χ2n) is 6.59. The van der Waals surface area contributed by atoms with Crippen molar-refractivity contribution in [2.24, 2.45) is 10.2 Å². The van der Waals surface area contributed by atoms with E-state index in [0.717, 1.165) is 23.4 Å². The molecule has 0 bridgehead atoms. The van der Waals surface area contributed by atoms with Gasteiger partial charge in [-0.3, -0.25) is 10.1 Å². The topological polar surface area (TPSA) is 117 Å². The van der Waals surface area contributed by atoms with Gasteiger partial charge in [0.25, 0.3) is 5.69 Å². The number of nitro groups is 1. The van der Waals surface area contributed by atoms with Crippen LogP contribution in [0.4, 0.5) is 33.0 Å². The van der Waals surface area contributed by atoms with Crippen LogP contribution in [0.25, 0.3) is 0 Å². The summed E-state index contributed by atoms with van der Waals surface area (Å²) in [6.45, 7) is 5.38. The molecule has 1 heterocycles. The summed E-state index contributed by atoms with van der Waals surface area (Å²) < 4.78 is 14.2. The van der Waals surface area contributed by atoms with E-state index in [1.54, 1.807) is 13.8 Å². The highest BCUT2D eigenvalue weighted by molar-refractivity contribution is 5.73. The Morgan fingerprint density at radius 1 is 1.13 bits per heavy atom. The van der Waals surface area contributed by atoms with Crippen LogP contribution in [0.3, 0.4) is 0 Å². The smallest absolute Gasteiger partial charge is 0.272 e. The molecular weight excluding hydrogens is 387 g/mol. The monoisotopic (exact) mass is 404 g/mol. The molecule has 1 N–H and O–H groups in total. The van der Waals surface area contributed by atoms with Crippen LogP contribution < -0.4 is 5.32 Å². The minimum atomic E-state index is -0.876. The summed E-state index contributed by atoms with van der Waals surface area (Å²) in [6, 6.07) is 12.8. The maximum atomic E-state index is 14.2. The number of pyridine rings is 1. The molecule has 1 aromatic heterocycles. The van der Waals surface area contributed by atoms with Gasteiger partial charge in [0.05, 0.1) is 22.2 Å². The molecule has 0 amide bonds. The molecule has 3 rings (SSSR count). The Morgan fingerprint density at radius 3 is 2.43 bits per heavy atom. The zero-order valence-corrected chi connectivity index (χ0v) is 16.5. The Kier molecular flexibility index (Phi) is 5.78. The molecule has 0 saturated carbocycles. The maximum Gasteiger partial charge on any atom is 0.272 e. The first-order chi connectivity index (χ1) is 14.3. The minimum Gasteiger partial charge on any atom is -0.338 e. The number of nitrogens with one attached hydrogen (secondary N) is 1. The SMILES string of the molecule is Cc1ccc(Nc2nc(C)c(C#N)c(C)c2N=Nc2ccc([N+](=O)[O-])cc2F)cc1. The number of aromatic nitrogens is 1. The third kappa shape index (κ3) is 4.28. The number of nitriles is 1. The summed E-state index contributed by atoms with van der Waals surface area (Å²) in [7, 11) is 0.